The van der Waals surface area contributed by atoms with Crippen LogP contribution in [0.2, 0.25) is 0 Å². The lowest BCUT2D eigenvalue weighted by Crippen LogP contribution is -2.43. The van der Waals surface area contributed by atoms with E-state index >= 15 is 0 Å². The fourth-order valence-electron chi connectivity index (χ4n) is 3.56. The molecule has 0 unspecified atom stereocenters. The average molecular weight is 459 g/mol. The standard InChI is InChI=1S/C26H26N4O4/c1-17-7-4-8-18(2)24(17)34-16-23(31)28-29-26(32)20-10-5-11-22(13-20)33-15-21-14-30-12-6-9-19(3)25(30)27-21/h4-14H,15-16H2,1-3H3,(H,28,31)(H,29,32). The second-order valence-corrected chi connectivity index (χ2v) is 7.98. The van der Waals surface area contributed by atoms with E-state index < -0.39 is 11.8 Å². The van der Waals surface area contributed by atoms with Crippen LogP contribution in [0.5, 0.6) is 11.5 Å². The molecule has 8 nitrogen and oxygen atoms in total. The number of carbonyl (C=O) groups excluding carboxylic acids is 2. The molecule has 0 bridgehead atoms. The second kappa shape index (κ2) is 10.1. The Kier molecular flexibility index (Phi) is 6.77. The normalized spacial score (nSPS) is 10.7. The van der Waals surface area contributed by atoms with Crippen molar-refractivity contribution in [2.24, 2.45) is 0 Å². The van der Waals surface area contributed by atoms with E-state index in [2.05, 4.69) is 15.8 Å². The molecule has 0 spiro atoms. The Labute approximate surface area is 197 Å². The smallest absolute Gasteiger partial charge is 0.276 e. The number of hydrazine groups is 1. The van der Waals surface area contributed by atoms with Gasteiger partial charge in [0, 0.05) is 18.0 Å². The number of para-hydroxylation sites is 1. The summed E-state index contributed by atoms with van der Waals surface area (Å²) in [5, 5.41) is 0. The molecule has 174 valence electrons. The highest BCUT2D eigenvalue weighted by Gasteiger charge is 2.11. The van der Waals surface area contributed by atoms with Gasteiger partial charge in [-0.2, -0.15) is 0 Å². The predicted molar refractivity (Wildman–Crippen MR) is 128 cm³/mol. The fourth-order valence-corrected chi connectivity index (χ4v) is 3.56. The number of rotatable bonds is 7. The van der Waals surface area contributed by atoms with Gasteiger partial charge >= 0.3 is 0 Å². The summed E-state index contributed by atoms with van der Waals surface area (Å²) in [7, 11) is 0. The van der Waals surface area contributed by atoms with Gasteiger partial charge < -0.3 is 13.9 Å². The Morgan fingerprint density at radius 1 is 0.912 bits per heavy atom. The number of hydrogen-bond donors (Lipinski definition) is 2. The van der Waals surface area contributed by atoms with Gasteiger partial charge in [-0.1, -0.05) is 30.3 Å². The highest BCUT2D eigenvalue weighted by Crippen LogP contribution is 2.22. The van der Waals surface area contributed by atoms with Crippen LogP contribution in [-0.2, 0) is 11.4 Å². The Balaban J connectivity index is 1.29. The molecule has 4 rings (SSSR count). The van der Waals surface area contributed by atoms with Crippen molar-refractivity contribution < 1.29 is 19.1 Å². The van der Waals surface area contributed by atoms with E-state index in [1.807, 2.05) is 67.9 Å². The maximum atomic E-state index is 12.5. The number of benzene rings is 2. The van der Waals surface area contributed by atoms with Gasteiger partial charge in [0.1, 0.15) is 23.8 Å². The number of amides is 2. The third-order valence-electron chi connectivity index (χ3n) is 5.28. The SMILES string of the molecule is Cc1cccc(C)c1OCC(=O)NNC(=O)c1cccc(OCc2cn3cccc(C)c3n2)c1. The molecule has 2 aromatic carbocycles. The van der Waals surface area contributed by atoms with E-state index in [1.54, 1.807) is 24.3 Å². The van der Waals surface area contributed by atoms with E-state index in [4.69, 9.17) is 9.47 Å². The molecule has 0 radical (unpaired) electrons. The first kappa shape index (κ1) is 22.8. The molecule has 2 aromatic heterocycles. The summed E-state index contributed by atoms with van der Waals surface area (Å²) in [6, 6.07) is 16.4. The lowest BCUT2D eigenvalue weighted by molar-refractivity contribution is -0.123. The molecule has 2 heterocycles. The summed E-state index contributed by atoms with van der Waals surface area (Å²) in [6.45, 7) is 5.87. The summed E-state index contributed by atoms with van der Waals surface area (Å²) in [6.07, 6.45) is 3.85. The number of imidazole rings is 1. The second-order valence-electron chi connectivity index (χ2n) is 7.98. The minimum Gasteiger partial charge on any atom is -0.487 e. The maximum absolute atomic E-state index is 12.5. The van der Waals surface area contributed by atoms with E-state index in [-0.39, 0.29) is 13.2 Å². The minimum absolute atomic E-state index is 0.215. The quantitative estimate of drug-likeness (QED) is 0.412. The lowest BCUT2D eigenvalue weighted by atomic mass is 10.1. The largest absolute Gasteiger partial charge is 0.487 e. The summed E-state index contributed by atoms with van der Waals surface area (Å²) in [5.74, 6) is 0.250. The molecule has 0 saturated heterocycles. The zero-order chi connectivity index (χ0) is 24.1. The van der Waals surface area contributed by atoms with Crippen molar-refractivity contribution >= 4 is 17.5 Å². The minimum atomic E-state index is -0.467. The summed E-state index contributed by atoms with van der Waals surface area (Å²) in [5.41, 5.74) is 9.73. The summed E-state index contributed by atoms with van der Waals surface area (Å²) < 4.78 is 13.4. The van der Waals surface area contributed by atoms with E-state index in [0.717, 1.165) is 28.0 Å². The Morgan fingerprint density at radius 2 is 1.65 bits per heavy atom. The number of nitrogens with zero attached hydrogens (tertiary/aromatic N) is 2. The Bertz CT molecular complexity index is 1330. The van der Waals surface area contributed by atoms with Crippen LogP contribution in [0.25, 0.3) is 5.65 Å². The van der Waals surface area contributed by atoms with E-state index in [9.17, 15) is 9.59 Å². The van der Waals surface area contributed by atoms with E-state index in [1.165, 1.54) is 0 Å². The molecule has 0 atom stereocenters. The molecule has 2 N–H and O–H groups in total. The van der Waals surface area contributed by atoms with Gasteiger partial charge in [0.25, 0.3) is 11.8 Å². The Hall–Kier alpha value is -4.33. The summed E-state index contributed by atoms with van der Waals surface area (Å²) in [4.78, 5) is 29.2. The molecule has 2 amide bonds. The number of aromatic nitrogens is 2. The predicted octanol–water partition coefficient (Wildman–Crippen LogP) is 3.68. The van der Waals surface area contributed by atoms with Gasteiger partial charge in [0.05, 0.1) is 5.69 Å². The van der Waals surface area contributed by atoms with Crippen molar-refractivity contribution in [2.45, 2.75) is 27.4 Å². The number of nitrogens with one attached hydrogen (secondary N) is 2. The number of aryl methyl sites for hydroxylation is 3. The first-order valence-corrected chi connectivity index (χ1v) is 10.8. The topological polar surface area (TPSA) is 94.0 Å². The maximum Gasteiger partial charge on any atom is 0.276 e. The lowest BCUT2D eigenvalue weighted by Gasteiger charge is -2.12. The van der Waals surface area contributed by atoms with Crippen LogP contribution >= 0.6 is 0 Å². The number of ether oxygens (including phenoxy) is 2. The first-order valence-electron chi connectivity index (χ1n) is 10.8. The molecule has 4 aromatic rings. The summed E-state index contributed by atoms with van der Waals surface area (Å²) >= 11 is 0. The number of carbonyl (C=O) groups is 2. The zero-order valence-electron chi connectivity index (χ0n) is 19.3. The van der Waals surface area contributed by atoms with Crippen LogP contribution < -0.4 is 20.3 Å². The fraction of sp³-hybridized carbons (Fsp3) is 0.192. The zero-order valence-corrected chi connectivity index (χ0v) is 19.3. The molecule has 0 aliphatic carbocycles. The van der Waals surface area contributed by atoms with Crippen molar-refractivity contribution in [1.29, 1.82) is 0 Å². The van der Waals surface area contributed by atoms with Crippen LogP contribution in [0.1, 0.15) is 32.7 Å². The van der Waals surface area contributed by atoms with Crippen molar-refractivity contribution in [2.75, 3.05) is 6.61 Å². The molecule has 8 heteroatoms. The third kappa shape index (κ3) is 5.35. The van der Waals surface area contributed by atoms with Gasteiger partial charge in [-0.15, -0.1) is 0 Å². The molecule has 0 fully saturated rings. The average Bonchev–Trinajstić information content (AvgIpc) is 3.26. The highest BCUT2D eigenvalue weighted by molar-refractivity contribution is 5.95. The van der Waals surface area contributed by atoms with Crippen LogP contribution in [0.15, 0.2) is 67.0 Å². The van der Waals surface area contributed by atoms with Gasteiger partial charge in [-0.05, 0) is 61.7 Å². The van der Waals surface area contributed by atoms with Crippen molar-refractivity contribution in [3.8, 4) is 11.5 Å². The van der Waals surface area contributed by atoms with Crippen molar-refractivity contribution in [3.05, 3.63) is 94.9 Å². The van der Waals surface area contributed by atoms with Gasteiger partial charge in [0.2, 0.25) is 0 Å². The number of pyridine rings is 1. The highest BCUT2D eigenvalue weighted by atomic mass is 16.5. The van der Waals surface area contributed by atoms with Gasteiger partial charge in [-0.3, -0.25) is 20.4 Å². The van der Waals surface area contributed by atoms with Crippen LogP contribution in [0.3, 0.4) is 0 Å². The number of fused-ring (bicyclic) bond motifs is 1. The third-order valence-corrected chi connectivity index (χ3v) is 5.28. The molecular weight excluding hydrogens is 432 g/mol. The molecule has 34 heavy (non-hydrogen) atoms. The van der Waals surface area contributed by atoms with Crippen LogP contribution in [0, 0.1) is 20.8 Å². The van der Waals surface area contributed by atoms with Gasteiger partial charge in [0.15, 0.2) is 6.61 Å². The number of hydrogen-bond acceptors (Lipinski definition) is 5. The van der Waals surface area contributed by atoms with Gasteiger partial charge in [-0.25, -0.2) is 4.98 Å². The molecule has 0 saturated carbocycles. The molecular formula is C26H26N4O4. The first-order chi connectivity index (χ1) is 16.4. The van der Waals surface area contributed by atoms with Crippen LogP contribution in [-0.4, -0.2) is 27.8 Å². The van der Waals surface area contributed by atoms with Crippen molar-refractivity contribution in [3.63, 3.8) is 0 Å². The molecule has 0 aliphatic heterocycles. The van der Waals surface area contributed by atoms with Crippen molar-refractivity contribution in [1.82, 2.24) is 20.2 Å². The van der Waals surface area contributed by atoms with E-state index in [0.29, 0.717) is 17.1 Å². The monoisotopic (exact) mass is 458 g/mol. The molecule has 0 aliphatic rings. The Morgan fingerprint density at radius 3 is 2.41 bits per heavy atom. The van der Waals surface area contributed by atoms with Crippen LogP contribution in [0.4, 0.5) is 0 Å².